The van der Waals surface area contributed by atoms with Crippen LogP contribution in [0.25, 0.3) is 0 Å². The fraction of sp³-hybridized carbons (Fsp3) is 0.542. The Kier molecular flexibility index (Phi) is 5.53. The summed E-state index contributed by atoms with van der Waals surface area (Å²) >= 11 is 1.73. The van der Waals surface area contributed by atoms with Gasteiger partial charge in [0.05, 0.1) is 6.20 Å². The van der Waals surface area contributed by atoms with E-state index in [9.17, 15) is 5.26 Å². The largest absolute Gasteiger partial charge is 0.368 e. The van der Waals surface area contributed by atoms with Gasteiger partial charge in [0.25, 0.3) is 0 Å². The first-order chi connectivity index (χ1) is 15.1. The topological polar surface area (TPSA) is 99.7 Å². The van der Waals surface area contributed by atoms with Crippen LogP contribution < -0.4 is 16.4 Å². The number of thioether (sulfide) groups is 1. The van der Waals surface area contributed by atoms with Crippen LogP contribution in [0.3, 0.4) is 0 Å². The summed E-state index contributed by atoms with van der Waals surface area (Å²) in [5.74, 6) is 3.35. The van der Waals surface area contributed by atoms with Gasteiger partial charge in [0, 0.05) is 24.0 Å². The minimum absolute atomic E-state index is 0.301. The summed E-state index contributed by atoms with van der Waals surface area (Å²) in [4.78, 5) is 10.3. The molecule has 4 fully saturated rings. The molecule has 0 aliphatic heterocycles. The highest BCUT2D eigenvalue weighted by molar-refractivity contribution is 7.98. The van der Waals surface area contributed by atoms with Crippen LogP contribution in [-0.4, -0.2) is 28.8 Å². The van der Waals surface area contributed by atoms with E-state index in [0.29, 0.717) is 47.2 Å². The Hall–Kier alpha value is -2.30. The third kappa shape index (κ3) is 3.99. The summed E-state index contributed by atoms with van der Waals surface area (Å²) in [6.45, 7) is 1.51. The Morgan fingerprint density at radius 1 is 1.19 bits per heavy atom. The van der Waals surface area contributed by atoms with Gasteiger partial charge in [0.2, 0.25) is 5.95 Å². The van der Waals surface area contributed by atoms with Gasteiger partial charge >= 0.3 is 0 Å². The molecule has 4 aliphatic carbocycles. The van der Waals surface area contributed by atoms with E-state index in [-0.39, 0.29) is 0 Å². The Bertz CT molecular complexity index is 986. The summed E-state index contributed by atoms with van der Waals surface area (Å²) < 4.78 is 0. The second kappa shape index (κ2) is 8.33. The standard InChI is InChI=1S/C24H30N6S/c1-31-20-5-3-2-4-16(20)12-27-23-28-13-19(11-25)22(30-23)29-14-24-8-15-6-17(9-24)21(26)18(7-15)10-24/h2-5,13,15,17-18,21H,6-10,12,14,26H2,1H3,(H2,27,28,29,30)/t15?,17-,18?,21?,24?/m1/s1. The summed E-state index contributed by atoms with van der Waals surface area (Å²) in [5.41, 5.74) is 8.51. The van der Waals surface area contributed by atoms with Crippen LogP contribution in [0.2, 0.25) is 0 Å². The molecule has 0 amide bonds. The second-order valence-corrected chi connectivity index (χ2v) is 10.5. The monoisotopic (exact) mass is 434 g/mol. The molecule has 4 aliphatic rings. The quantitative estimate of drug-likeness (QED) is 0.560. The van der Waals surface area contributed by atoms with E-state index in [1.165, 1.54) is 42.6 Å². The second-order valence-electron chi connectivity index (χ2n) is 9.63. The van der Waals surface area contributed by atoms with Crippen LogP contribution in [0, 0.1) is 34.5 Å². The van der Waals surface area contributed by atoms with Crippen LogP contribution in [-0.2, 0) is 6.54 Å². The van der Waals surface area contributed by atoms with Crippen molar-refractivity contribution in [2.75, 3.05) is 23.4 Å². The highest BCUT2D eigenvalue weighted by Crippen LogP contribution is 2.59. The van der Waals surface area contributed by atoms with Crippen molar-refractivity contribution < 1.29 is 0 Å². The Balaban J connectivity index is 1.29. The van der Waals surface area contributed by atoms with Crippen LogP contribution in [0.5, 0.6) is 0 Å². The van der Waals surface area contributed by atoms with Gasteiger partial charge in [-0.3, -0.25) is 0 Å². The van der Waals surface area contributed by atoms with Gasteiger partial charge < -0.3 is 16.4 Å². The van der Waals surface area contributed by atoms with Gasteiger partial charge in [-0.1, -0.05) is 18.2 Å². The molecule has 4 saturated carbocycles. The maximum Gasteiger partial charge on any atom is 0.224 e. The molecule has 4 N–H and O–H groups in total. The zero-order valence-electron chi connectivity index (χ0n) is 18.0. The average molecular weight is 435 g/mol. The highest BCUT2D eigenvalue weighted by Gasteiger charge is 2.54. The molecule has 1 aromatic carbocycles. The lowest BCUT2D eigenvalue weighted by Crippen LogP contribution is -2.58. The lowest BCUT2D eigenvalue weighted by molar-refractivity contribution is -0.0591. The first kappa shape index (κ1) is 20.6. The van der Waals surface area contributed by atoms with Gasteiger partial charge in [-0.25, -0.2) is 4.98 Å². The van der Waals surface area contributed by atoms with Crippen molar-refractivity contribution in [3.8, 4) is 6.07 Å². The maximum absolute atomic E-state index is 9.57. The molecule has 0 spiro atoms. The Morgan fingerprint density at radius 3 is 2.71 bits per heavy atom. The molecule has 162 valence electrons. The maximum atomic E-state index is 9.57. The summed E-state index contributed by atoms with van der Waals surface area (Å²) in [6, 6.07) is 10.9. The summed E-state index contributed by atoms with van der Waals surface area (Å²) in [7, 11) is 0. The van der Waals surface area contributed by atoms with Crippen molar-refractivity contribution in [1.29, 1.82) is 5.26 Å². The smallest absolute Gasteiger partial charge is 0.224 e. The number of hydrogen-bond donors (Lipinski definition) is 3. The number of benzene rings is 1. The molecule has 5 atom stereocenters. The number of nitrogens with two attached hydrogens (primary N) is 1. The Labute approximate surface area is 188 Å². The lowest BCUT2D eigenvalue weighted by atomic mass is 9.48. The number of rotatable bonds is 7. The molecule has 4 bridgehead atoms. The molecule has 2 aromatic rings. The molecular formula is C24H30N6S. The molecule has 1 aromatic heterocycles. The number of nitriles is 1. The zero-order valence-corrected chi connectivity index (χ0v) is 18.8. The molecule has 0 radical (unpaired) electrons. The van der Waals surface area contributed by atoms with E-state index in [4.69, 9.17) is 5.73 Å². The molecular weight excluding hydrogens is 404 g/mol. The van der Waals surface area contributed by atoms with E-state index in [2.05, 4.69) is 45.1 Å². The fourth-order valence-corrected chi connectivity index (χ4v) is 7.04. The van der Waals surface area contributed by atoms with Gasteiger partial charge in [-0.2, -0.15) is 10.2 Å². The number of hydrogen-bond acceptors (Lipinski definition) is 7. The van der Waals surface area contributed by atoms with Crippen LogP contribution in [0.1, 0.15) is 43.2 Å². The van der Waals surface area contributed by atoms with Crippen LogP contribution >= 0.6 is 11.8 Å². The fourth-order valence-electron chi connectivity index (χ4n) is 6.43. The van der Waals surface area contributed by atoms with E-state index >= 15 is 0 Å². The van der Waals surface area contributed by atoms with Crippen molar-refractivity contribution in [3.05, 3.63) is 41.6 Å². The minimum atomic E-state index is 0.301. The molecule has 4 unspecified atom stereocenters. The average Bonchev–Trinajstić information content (AvgIpc) is 2.79. The van der Waals surface area contributed by atoms with Crippen molar-refractivity contribution in [2.24, 2.45) is 28.9 Å². The first-order valence-corrected chi connectivity index (χ1v) is 12.4. The van der Waals surface area contributed by atoms with Crippen LogP contribution in [0.15, 0.2) is 35.4 Å². The molecule has 0 saturated heterocycles. The van der Waals surface area contributed by atoms with Crippen molar-refractivity contribution in [1.82, 2.24) is 9.97 Å². The normalized spacial score (nSPS) is 30.7. The van der Waals surface area contributed by atoms with Crippen molar-refractivity contribution >= 4 is 23.5 Å². The van der Waals surface area contributed by atoms with E-state index < -0.39 is 0 Å². The number of anilines is 2. The third-order valence-electron chi connectivity index (χ3n) is 7.64. The third-order valence-corrected chi connectivity index (χ3v) is 8.48. The van der Waals surface area contributed by atoms with E-state index in [0.717, 1.165) is 12.5 Å². The summed E-state index contributed by atoms with van der Waals surface area (Å²) in [6.07, 6.45) is 10.0. The minimum Gasteiger partial charge on any atom is -0.368 e. The SMILES string of the molecule is CSc1ccccc1CNc1ncc(C#N)c(NCC23CC4CC(C2)C(N)[C@H](C4)C3)n1. The zero-order chi connectivity index (χ0) is 21.4. The van der Waals surface area contributed by atoms with E-state index in [1.807, 2.05) is 12.1 Å². The number of nitrogens with zero attached hydrogens (tertiary/aromatic N) is 3. The van der Waals surface area contributed by atoms with Gasteiger partial charge in [0.15, 0.2) is 0 Å². The molecule has 6 nitrogen and oxygen atoms in total. The molecule has 7 heteroatoms. The summed E-state index contributed by atoms with van der Waals surface area (Å²) in [5, 5.41) is 16.4. The molecule has 6 rings (SSSR count). The number of aromatic nitrogens is 2. The first-order valence-electron chi connectivity index (χ1n) is 11.2. The molecule has 31 heavy (non-hydrogen) atoms. The van der Waals surface area contributed by atoms with Crippen LogP contribution in [0.4, 0.5) is 11.8 Å². The highest BCUT2D eigenvalue weighted by atomic mass is 32.2. The molecule has 1 heterocycles. The predicted molar refractivity (Wildman–Crippen MR) is 125 cm³/mol. The van der Waals surface area contributed by atoms with Gasteiger partial charge in [-0.05, 0) is 73.2 Å². The van der Waals surface area contributed by atoms with Gasteiger partial charge in [-0.15, -0.1) is 11.8 Å². The van der Waals surface area contributed by atoms with Gasteiger partial charge in [0.1, 0.15) is 17.5 Å². The lowest BCUT2D eigenvalue weighted by Gasteiger charge is -2.59. The predicted octanol–water partition coefficient (Wildman–Crippen LogP) is 4.25. The van der Waals surface area contributed by atoms with E-state index in [1.54, 1.807) is 18.0 Å². The Morgan fingerprint density at radius 2 is 1.97 bits per heavy atom. The van der Waals surface area contributed by atoms with Crippen molar-refractivity contribution in [2.45, 2.75) is 49.6 Å². The number of nitrogens with one attached hydrogen (secondary N) is 2. The van der Waals surface area contributed by atoms with Crippen molar-refractivity contribution in [3.63, 3.8) is 0 Å².